The number of rotatable bonds is 5. The van der Waals surface area contributed by atoms with E-state index in [2.05, 4.69) is 14.6 Å². The maximum absolute atomic E-state index is 12.7. The Morgan fingerprint density at radius 3 is 2.69 bits per heavy atom. The van der Waals surface area contributed by atoms with Gasteiger partial charge in [-0.3, -0.25) is 4.72 Å². The number of hydrogen-bond acceptors (Lipinski definition) is 6. The lowest BCUT2D eigenvalue weighted by Crippen LogP contribution is -2.13. The average molecular weight is 412 g/mol. The van der Waals surface area contributed by atoms with Crippen LogP contribution in [0.25, 0.3) is 5.69 Å². The molecule has 0 atom stereocenters. The molecule has 0 bridgehead atoms. The zero-order valence-electron chi connectivity index (χ0n) is 13.8. The Hall–Kier alpha value is -2.36. The van der Waals surface area contributed by atoms with Crippen LogP contribution in [-0.2, 0) is 14.8 Å². The Balaban J connectivity index is 1.92. The summed E-state index contributed by atoms with van der Waals surface area (Å²) in [6, 6.07) is 10.0. The molecule has 2 aromatic heterocycles. The number of esters is 1. The second-order valence-corrected chi connectivity index (χ2v) is 8.36. The number of anilines is 1. The molecule has 0 aliphatic heterocycles. The fourth-order valence-corrected chi connectivity index (χ4v) is 4.81. The third-order valence-corrected chi connectivity index (χ3v) is 6.46. The lowest BCUT2D eigenvalue weighted by molar-refractivity contribution is 0.0606. The Morgan fingerprint density at radius 2 is 2.00 bits per heavy atom. The van der Waals surface area contributed by atoms with Crippen molar-refractivity contribution in [1.82, 2.24) is 9.78 Å². The topological polar surface area (TPSA) is 90.3 Å². The summed E-state index contributed by atoms with van der Waals surface area (Å²) < 4.78 is 33.9. The molecule has 2 heterocycles. The van der Waals surface area contributed by atoms with Crippen LogP contribution in [-0.4, -0.2) is 31.3 Å². The van der Waals surface area contributed by atoms with Crippen LogP contribution in [0.2, 0.25) is 5.02 Å². The highest BCUT2D eigenvalue weighted by atomic mass is 35.5. The minimum atomic E-state index is -3.88. The third kappa shape index (κ3) is 3.46. The average Bonchev–Trinajstić information content (AvgIpc) is 3.21. The van der Waals surface area contributed by atoms with E-state index in [0.29, 0.717) is 26.3 Å². The molecule has 0 unspecified atom stereocenters. The van der Waals surface area contributed by atoms with Crippen molar-refractivity contribution in [3.63, 3.8) is 0 Å². The summed E-state index contributed by atoms with van der Waals surface area (Å²) in [6.07, 6.45) is 1.26. The first kappa shape index (κ1) is 18.4. The largest absolute Gasteiger partial charge is 0.465 e. The van der Waals surface area contributed by atoms with Gasteiger partial charge in [0.1, 0.15) is 14.8 Å². The molecule has 0 spiro atoms. The molecule has 26 heavy (non-hydrogen) atoms. The first-order chi connectivity index (χ1) is 12.3. The van der Waals surface area contributed by atoms with Gasteiger partial charge in [-0.05, 0) is 31.2 Å². The second-order valence-electron chi connectivity index (χ2n) is 5.22. The fraction of sp³-hybridized carbons (Fsp3) is 0.125. The van der Waals surface area contributed by atoms with Crippen molar-refractivity contribution < 1.29 is 17.9 Å². The van der Waals surface area contributed by atoms with Crippen LogP contribution in [0, 0.1) is 6.92 Å². The van der Waals surface area contributed by atoms with Crippen molar-refractivity contribution in [2.75, 3.05) is 11.8 Å². The number of methoxy groups -OCH3 is 1. The van der Waals surface area contributed by atoms with Gasteiger partial charge in [-0.15, -0.1) is 11.3 Å². The summed E-state index contributed by atoms with van der Waals surface area (Å²) >= 11 is 7.15. The van der Waals surface area contributed by atoms with E-state index in [0.717, 1.165) is 11.3 Å². The van der Waals surface area contributed by atoms with Gasteiger partial charge in [0.05, 0.1) is 29.7 Å². The normalized spacial score (nSPS) is 11.3. The van der Waals surface area contributed by atoms with Crippen LogP contribution >= 0.6 is 22.9 Å². The van der Waals surface area contributed by atoms with E-state index in [1.165, 1.54) is 30.1 Å². The SMILES string of the molecule is COC(=O)c1ccc(NS(=O)(=O)c2cnn(-c3ccccc3Cl)c2C)s1. The summed E-state index contributed by atoms with van der Waals surface area (Å²) in [7, 11) is -2.62. The minimum absolute atomic E-state index is 0.0189. The molecule has 7 nitrogen and oxygen atoms in total. The molecule has 3 aromatic rings. The molecule has 0 radical (unpaired) electrons. The Labute approximate surface area is 159 Å². The number of thiophene rings is 1. The number of halogens is 1. The number of nitrogens with one attached hydrogen (secondary N) is 1. The Morgan fingerprint density at radius 1 is 1.27 bits per heavy atom. The van der Waals surface area contributed by atoms with E-state index in [4.69, 9.17) is 11.6 Å². The van der Waals surface area contributed by atoms with Crippen molar-refractivity contribution in [1.29, 1.82) is 0 Å². The number of carbonyl (C=O) groups is 1. The molecule has 1 N–H and O–H groups in total. The van der Waals surface area contributed by atoms with E-state index in [1.807, 2.05) is 0 Å². The summed E-state index contributed by atoms with van der Waals surface area (Å²) in [5.41, 5.74) is 0.993. The van der Waals surface area contributed by atoms with Crippen LogP contribution in [0.1, 0.15) is 15.4 Å². The maximum atomic E-state index is 12.7. The second kappa shape index (κ2) is 7.10. The van der Waals surface area contributed by atoms with Crippen molar-refractivity contribution in [2.45, 2.75) is 11.8 Å². The monoisotopic (exact) mass is 411 g/mol. The number of carbonyl (C=O) groups excluding carboxylic acids is 1. The number of sulfonamides is 1. The molecule has 0 amide bonds. The van der Waals surface area contributed by atoms with Crippen molar-refractivity contribution in [3.05, 3.63) is 58.2 Å². The molecule has 0 saturated carbocycles. The van der Waals surface area contributed by atoms with Crippen molar-refractivity contribution in [3.8, 4) is 5.69 Å². The number of para-hydroxylation sites is 1. The van der Waals surface area contributed by atoms with Gasteiger partial charge in [0.15, 0.2) is 0 Å². The van der Waals surface area contributed by atoms with Crippen LogP contribution in [0.15, 0.2) is 47.5 Å². The van der Waals surface area contributed by atoms with E-state index in [9.17, 15) is 13.2 Å². The van der Waals surface area contributed by atoms with E-state index in [-0.39, 0.29) is 4.90 Å². The van der Waals surface area contributed by atoms with E-state index in [1.54, 1.807) is 31.2 Å². The standard InChI is InChI=1S/C16H14ClN3O4S2/c1-10-14(9-18-20(10)12-6-4-3-5-11(12)17)26(22,23)19-15-8-7-13(25-15)16(21)24-2/h3-9,19H,1-2H3. The smallest absolute Gasteiger partial charge is 0.348 e. The Kier molecular flexibility index (Phi) is 5.03. The fourth-order valence-electron chi connectivity index (χ4n) is 2.32. The molecule has 0 fully saturated rings. The van der Waals surface area contributed by atoms with Gasteiger partial charge in [-0.25, -0.2) is 17.9 Å². The summed E-state index contributed by atoms with van der Waals surface area (Å²) in [5, 5.41) is 4.90. The molecule has 3 rings (SSSR count). The first-order valence-corrected chi connectivity index (χ1v) is 10.0. The zero-order chi connectivity index (χ0) is 18.9. The lowest BCUT2D eigenvalue weighted by Gasteiger charge is -2.08. The summed E-state index contributed by atoms with van der Waals surface area (Å²) in [5.74, 6) is -0.525. The number of benzene rings is 1. The van der Waals surface area contributed by atoms with Crippen molar-refractivity contribution >= 4 is 43.9 Å². The molecule has 0 aliphatic rings. The van der Waals surface area contributed by atoms with Gasteiger partial charge in [0.25, 0.3) is 10.0 Å². The van der Waals surface area contributed by atoms with E-state index >= 15 is 0 Å². The van der Waals surface area contributed by atoms with Gasteiger partial charge < -0.3 is 4.74 Å². The van der Waals surface area contributed by atoms with Crippen LogP contribution in [0.3, 0.4) is 0 Å². The molecule has 10 heteroatoms. The quantitative estimate of drug-likeness (QED) is 0.649. The summed E-state index contributed by atoms with van der Waals surface area (Å²) in [6.45, 7) is 1.64. The van der Waals surface area contributed by atoms with Gasteiger partial charge in [0.2, 0.25) is 0 Å². The van der Waals surface area contributed by atoms with Crippen LogP contribution < -0.4 is 4.72 Å². The van der Waals surface area contributed by atoms with Crippen molar-refractivity contribution in [2.24, 2.45) is 0 Å². The molecule has 0 saturated heterocycles. The highest BCUT2D eigenvalue weighted by Gasteiger charge is 2.23. The van der Waals surface area contributed by atoms with Gasteiger partial charge in [0, 0.05) is 0 Å². The van der Waals surface area contributed by atoms with Crippen LogP contribution in [0.5, 0.6) is 0 Å². The summed E-state index contributed by atoms with van der Waals surface area (Å²) in [4.78, 5) is 11.8. The van der Waals surface area contributed by atoms with Gasteiger partial charge in [-0.2, -0.15) is 5.10 Å². The maximum Gasteiger partial charge on any atom is 0.348 e. The molecular weight excluding hydrogens is 398 g/mol. The molecule has 0 aliphatic carbocycles. The van der Waals surface area contributed by atoms with Gasteiger partial charge >= 0.3 is 5.97 Å². The molecular formula is C16H14ClN3O4S2. The lowest BCUT2D eigenvalue weighted by atomic mass is 10.3. The predicted molar refractivity (Wildman–Crippen MR) is 99.8 cm³/mol. The Bertz CT molecular complexity index is 1070. The number of ether oxygens (including phenoxy) is 1. The molecule has 1 aromatic carbocycles. The third-order valence-electron chi connectivity index (χ3n) is 3.56. The van der Waals surface area contributed by atoms with Gasteiger partial charge in [-0.1, -0.05) is 23.7 Å². The van der Waals surface area contributed by atoms with E-state index < -0.39 is 16.0 Å². The number of aromatic nitrogens is 2. The minimum Gasteiger partial charge on any atom is -0.465 e. The van der Waals surface area contributed by atoms with Crippen LogP contribution in [0.4, 0.5) is 5.00 Å². The number of nitrogens with zero attached hydrogens (tertiary/aromatic N) is 2. The highest BCUT2D eigenvalue weighted by molar-refractivity contribution is 7.93. The molecule has 136 valence electrons. The predicted octanol–water partition coefficient (Wildman–Crippen LogP) is 3.48. The first-order valence-electron chi connectivity index (χ1n) is 7.34. The highest BCUT2D eigenvalue weighted by Crippen LogP contribution is 2.28. The number of hydrogen-bond donors (Lipinski definition) is 1. The zero-order valence-corrected chi connectivity index (χ0v) is 16.2.